The molecule has 0 unspecified atom stereocenters. The minimum atomic E-state index is -1.32. The van der Waals surface area contributed by atoms with Crippen molar-refractivity contribution in [1.29, 1.82) is 0 Å². The molecule has 43 heavy (non-hydrogen) atoms. The molecular weight excluding hydrogens is 559 g/mol. The van der Waals surface area contributed by atoms with Gasteiger partial charge in [0, 0.05) is 0 Å². The quantitative estimate of drug-likeness (QED) is 0.125. The first kappa shape index (κ1) is 33.2. The van der Waals surface area contributed by atoms with Gasteiger partial charge in [-0.3, -0.25) is 24.0 Å². The second kappa shape index (κ2) is 12.7. The summed E-state index contributed by atoms with van der Waals surface area (Å²) < 4.78 is 12.6. The highest BCUT2D eigenvalue weighted by atomic mass is 16.7. The molecule has 8 N–H and O–H groups in total. The summed E-state index contributed by atoms with van der Waals surface area (Å²) in [5.74, 6) is -3.11. The van der Waals surface area contributed by atoms with Gasteiger partial charge in [0.25, 0.3) is 0 Å². The number of amides is 5. The van der Waals surface area contributed by atoms with Gasteiger partial charge in [0.1, 0.15) is 18.1 Å². The Bertz CT molecular complexity index is 1120. The highest BCUT2D eigenvalue weighted by Crippen LogP contribution is 2.65. The number of hydrogen-bond acceptors (Lipinski definition) is 9. The monoisotopic (exact) mass is 606 g/mol. The molecule has 5 aliphatic rings. The molecule has 5 amide bonds. The van der Waals surface area contributed by atoms with Gasteiger partial charge in [0.05, 0.1) is 36.2 Å². The summed E-state index contributed by atoms with van der Waals surface area (Å²) in [5, 5.41) is 23.4. The number of nitrogens with two attached hydrogens (primary N) is 1. The van der Waals surface area contributed by atoms with Gasteiger partial charge in [-0.25, -0.2) is 0 Å². The number of primary amides is 1. The van der Waals surface area contributed by atoms with Gasteiger partial charge in [-0.15, -0.1) is 0 Å². The van der Waals surface area contributed by atoms with E-state index >= 15 is 0 Å². The van der Waals surface area contributed by atoms with Crippen LogP contribution in [0.25, 0.3) is 0 Å². The fourth-order valence-electron chi connectivity index (χ4n) is 7.15. The molecule has 14 nitrogen and oxygen atoms in total. The molecule has 3 saturated carbocycles. The Morgan fingerprint density at radius 2 is 1.70 bits per heavy atom. The van der Waals surface area contributed by atoms with Crippen molar-refractivity contribution in [3.63, 3.8) is 0 Å². The number of rotatable bonds is 12. The van der Waals surface area contributed by atoms with Crippen molar-refractivity contribution < 1.29 is 38.4 Å². The molecule has 5 rings (SSSR count). The Kier molecular flexibility index (Phi) is 9.79. The lowest BCUT2D eigenvalue weighted by Gasteiger charge is -2.64. The number of aliphatic hydroxyl groups excluding tert-OH is 1. The van der Waals surface area contributed by atoms with E-state index in [-0.39, 0.29) is 11.5 Å². The average Bonchev–Trinajstić information content (AvgIpc) is 3.58. The summed E-state index contributed by atoms with van der Waals surface area (Å²) in [4.78, 5) is 63.3. The van der Waals surface area contributed by atoms with Crippen LogP contribution in [0.15, 0.2) is 0 Å². The molecule has 10 atom stereocenters. The van der Waals surface area contributed by atoms with Crippen molar-refractivity contribution in [2.45, 2.75) is 122 Å². The van der Waals surface area contributed by atoms with Crippen molar-refractivity contribution in [3.05, 3.63) is 0 Å². The van der Waals surface area contributed by atoms with Crippen LogP contribution in [0.4, 0.5) is 0 Å². The summed E-state index contributed by atoms with van der Waals surface area (Å²) in [6.07, 6.45) is 1.61. The van der Waals surface area contributed by atoms with Gasteiger partial charge in [-0.05, 0) is 77.2 Å². The minimum absolute atomic E-state index is 0.0797. The lowest BCUT2D eigenvalue weighted by molar-refractivity contribution is -0.199. The zero-order chi connectivity index (χ0) is 31.9. The van der Waals surface area contributed by atoms with E-state index in [1.807, 2.05) is 0 Å². The van der Waals surface area contributed by atoms with E-state index < -0.39 is 84.9 Å². The fraction of sp³-hybridized carbons (Fsp3) is 0.821. The van der Waals surface area contributed by atoms with Gasteiger partial charge in [0.2, 0.25) is 29.5 Å². The molecule has 2 heterocycles. The van der Waals surface area contributed by atoms with Crippen molar-refractivity contribution >= 4 is 36.7 Å². The first-order valence-electron chi connectivity index (χ1n) is 15.3. The number of carbonyl (C=O) groups excluding carboxylic acids is 5. The molecule has 0 aromatic heterocycles. The van der Waals surface area contributed by atoms with Crippen LogP contribution in [0.3, 0.4) is 0 Å². The predicted octanol–water partition coefficient (Wildman–Crippen LogP) is -1.76. The summed E-state index contributed by atoms with van der Waals surface area (Å²) in [7, 11) is -0.704. The Hall–Kier alpha value is -2.75. The van der Waals surface area contributed by atoms with Crippen LogP contribution in [-0.4, -0.2) is 96.2 Å². The maximum atomic E-state index is 13.2. The molecule has 0 aromatic carbocycles. The van der Waals surface area contributed by atoms with Gasteiger partial charge in [-0.2, -0.15) is 0 Å². The Balaban J connectivity index is 1.32. The number of nitrogens with one attached hydrogen (secondary N) is 5. The molecule has 2 bridgehead atoms. The van der Waals surface area contributed by atoms with Gasteiger partial charge >= 0.3 is 7.12 Å². The highest BCUT2D eigenvalue weighted by Gasteiger charge is 2.68. The van der Waals surface area contributed by atoms with E-state index in [1.54, 1.807) is 6.92 Å². The Morgan fingerprint density at radius 1 is 1.00 bits per heavy atom. The van der Waals surface area contributed by atoms with Crippen LogP contribution in [0.5, 0.6) is 0 Å². The normalized spacial score (nSPS) is 32.2. The van der Waals surface area contributed by atoms with E-state index in [1.165, 1.54) is 13.8 Å². The Morgan fingerprint density at radius 3 is 2.28 bits per heavy atom. The topological polar surface area (TPSA) is 210 Å². The second-order valence-electron chi connectivity index (χ2n) is 13.5. The van der Waals surface area contributed by atoms with E-state index in [2.05, 4.69) is 47.4 Å². The molecular formula is C28H47BN6O8. The molecule has 15 heteroatoms. The highest BCUT2D eigenvalue weighted by molar-refractivity contribution is 6.47. The lowest BCUT2D eigenvalue weighted by Crippen LogP contribution is -2.65. The number of hydrogen-bond donors (Lipinski definition) is 7. The Labute approximate surface area is 252 Å². The number of carbonyl (C=O) groups is 5. The van der Waals surface area contributed by atoms with Crippen molar-refractivity contribution in [1.82, 2.24) is 26.6 Å². The smallest absolute Gasteiger partial charge is 0.404 e. The molecule has 5 fully saturated rings. The van der Waals surface area contributed by atoms with Crippen LogP contribution in [-0.2, 0) is 33.3 Å². The summed E-state index contributed by atoms with van der Waals surface area (Å²) >= 11 is 0. The van der Waals surface area contributed by atoms with Gasteiger partial charge in [0.15, 0.2) is 0 Å². The van der Waals surface area contributed by atoms with E-state index in [4.69, 9.17) is 15.0 Å². The largest absolute Gasteiger partial charge is 0.481 e. The third-order valence-electron chi connectivity index (χ3n) is 9.98. The van der Waals surface area contributed by atoms with Gasteiger partial charge in [-0.1, -0.05) is 13.8 Å². The van der Waals surface area contributed by atoms with Crippen molar-refractivity contribution in [2.24, 2.45) is 23.0 Å². The zero-order valence-electron chi connectivity index (χ0n) is 25.9. The summed E-state index contributed by atoms with van der Waals surface area (Å²) in [6.45, 7) is 11.7. The van der Waals surface area contributed by atoms with Crippen molar-refractivity contribution in [2.75, 3.05) is 6.54 Å². The maximum absolute atomic E-state index is 13.2. The third kappa shape index (κ3) is 6.84. The lowest BCUT2D eigenvalue weighted by atomic mass is 9.43. The molecule has 0 radical (unpaired) electrons. The van der Waals surface area contributed by atoms with Crippen LogP contribution < -0.4 is 32.3 Å². The SMILES string of the molecule is C[C@H](NC(=O)[C@H](CC(N)=O)NC(=O)[C@H](C)NC(=O)[C@@H](NC(=O)[C@@H]1CCCN1)[C@H](C)O)B1O[C@@H]2C[C@@H]3C[C@@H](C3(C)C)[C@]2(C)O1. The zero-order valence-corrected chi connectivity index (χ0v) is 25.9. The third-order valence-corrected chi connectivity index (χ3v) is 9.98. The standard InChI is InChI=1S/C28H47BN6O8/c1-13(32-26(41)22(14(2)36)35-24(39)17-8-7-9-31-17)23(38)34-18(12-21(30)37)25(40)33-15(3)29-42-20-11-16-10-19(27(16,4)5)28(20,6)43-29/h13-20,22,31,36H,7-12H2,1-6H3,(H2,30,37)(H,32,41)(H,33,40)(H,34,38)(H,35,39)/t13-,14-,15-,16-,17-,18-,19-,20+,22-,28-/m0/s1. The average molecular weight is 607 g/mol. The summed E-state index contributed by atoms with van der Waals surface area (Å²) in [6, 6.07) is -4.26. The molecule has 0 spiro atoms. The van der Waals surface area contributed by atoms with Crippen molar-refractivity contribution in [3.8, 4) is 0 Å². The fourth-order valence-corrected chi connectivity index (χ4v) is 7.15. The second-order valence-corrected chi connectivity index (χ2v) is 13.5. The van der Waals surface area contributed by atoms with E-state index in [0.717, 1.165) is 19.3 Å². The molecule has 3 aliphatic carbocycles. The van der Waals surface area contributed by atoms with Gasteiger partial charge < -0.3 is 46.7 Å². The first-order valence-corrected chi connectivity index (χ1v) is 15.3. The molecule has 0 aromatic rings. The predicted molar refractivity (Wildman–Crippen MR) is 156 cm³/mol. The first-order chi connectivity index (χ1) is 20.0. The molecule has 240 valence electrons. The van der Waals surface area contributed by atoms with Crippen LogP contribution in [0, 0.1) is 17.3 Å². The minimum Gasteiger partial charge on any atom is -0.404 e. The van der Waals surface area contributed by atoms with E-state index in [0.29, 0.717) is 24.8 Å². The maximum Gasteiger partial charge on any atom is 0.481 e. The molecule has 2 saturated heterocycles. The van der Waals surface area contributed by atoms with Crippen LogP contribution >= 0.6 is 0 Å². The van der Waals surface area contributed by atoms with Crippen LogP contribution in [0.1, 0.15) is 73.6 Å². The van der Waals surface area contributed by atoms with Crippen LogP contribution in [0.2, 0.25) is 0 Å². The number of aliphatic hydroxyl groups is 1. The van der Waals surface area contributed by atoms with E-state index in [9.17, 15) is 29.1 Å². The summed E-state index contributed by atoms with van der Waals surface area (Å²) in [5.41, 5.74) is 5.06. The molecule has 2 aliphatic heterocycles.